The molecule has 0 bridgehead atoms. The molecule has 3 nitrogen and oxygen atoms in total. The highest BCUT2D eigenvalue weighted by Gasteiger charge is 2.15. The molecule has 1 rings (SSSR count). The maximum Gasteiger partial charge on any atom is 0.247 e. The van der Waals surface area contributed by atoms with Crippen LogP contribution in [0.15, 0.2) is 10.3 Å². The van der Waals surface area contributed by atoms with Crippen molar-refractivity contribution in [1.29, 1.82) is 0 Å². The Kier molecular flexibility index (Phi) is 2.55. The van der Waals surface area contributed by atoms with Gasteiger partial charge in [-0.05, 0) is 25.0 Å². The third-order valence-electron chi connectivity index (χ3n) is 1.53. The molecule has 0 unspecified atom stereocenters. The van der Waals surface area contributed by atoms with Gasteiger partial charge in [-0.3, -0.25) is 0 Å². The Labute approximate surface area is 76.3 Å². The predicted octanol–water partition coefficient (Wildman–Crippen LogP) is 1.27. The molecule has 68 valence electrons. The van der Waals surface area contributed by atoms with Crippen molar-refractivity contribution in [1.82, 2.24) is 0 Å². The first-order valence-electron chi connectivity index (χ1n) is 3.57. The van der Waals surface area contributed by atoms with Crippen LogP contribution in [0.4, 0.5) is 0 Å². The third-order valence-corrected chi connectivity index (χ3v) is 4.15. The highest BCUT2D eigenvalue weighted by atomic mass is 32.2. The monoisotopic (exact) mass is 205 g/mol. The summed E-state index contributed by atoms with van der Waals surface area (Å²) in [5.74, 6) is 0. The van der Waals surface area contributed by atoms with Gasteiger partial charge in [0.1, 0.15) is 4.21 Å². The molecular formula is C7H11NO2S2. The topological polar surface area (TPSA) is 60.2 Å². The Balaban J connectivity index is 3.33. The van der Waals surface area contributed by atoms with Crippen LogP contribution >= 0.6 is 11.3 Å². The lowest BCUT2D eigenvalue weighted by molar-refractivity contribution is 0.599. The van der Waals surface area contributed by atoms with Crippen LogP contribution < -0.4 is 5.14 Å². The summed E-state index contributed by atoms with van der Waals surface area (Å²) in [6, 6.07) is 1.87. The van der Waals surface area contributed by atoms with E-state index >= 15 is 0 Å². The van der Waals surface area contributed by atoms with Gasteiger partial charge in [0.15, 0.2) is 0 Å². The van der Waals surface area contributed by atoms with Crippen LogP contribution in [-0.4, -0.2) is 8.42 Å². The fourth-order valence-corrected chi connectivity index (χ4v) is 3.29. The van der Waals surface area contributed by atoms with E-state index in [0.29, 0.717) is 10.6 Å². The minimum atomic E-state index is -3.51. The highest BCUT2D eigenvalue weighted by molar-refractivity contribution is 7.91. The SMILES string of the molecule is CCc1cc(C)sc1S(N)(=O)=O. The molecule has 0 spiro atoms. The molecule has 0 aliphatic rings. The molecule has 0 amide bonds. The van der Waals surface area contributed by atoms with Crippen molar-refractivity contribution in [2.75, 3.05) is 0 Å². The molecule has 0 radical (unpaired) electrons. The minimum Gasteiger partial charge on any atom is -0.224 e. The molecule has 2 N–H and O–H groups in total. The summed E-state index contributed by atoms with van der Waals surface area (Å²) in [6.45, 7) is 3.79. The summed E-state index contributed by atoms with van der Waals surface area (Å²) in [7, 11) is -3.51. The number of sulfonamides is 1. The van der Waals surface area contributed by atoms with Crippen LogP contribution in [0.25, 0.3) is 0 Å². The summed E-state index contributed by atoms with van der Waals surface area (Å²) < 4.78 is 22.3. The normalized spacial score (nSPS) is 11.9. The highest BCUT2D eigenvalue weighted by Crippen LogP contribution is 2.25. The van der Waals surface area contributed by atoms with Crippen LogP contribution in [0.5, 0.6) is 0 Å². The number of primary sulfonamides is 1. The molecule has 1 aromatic rings. The molecule has 0 saturated heterocycles. The van der Waals surface area contributed by atoms with E-state index in [2.05, 4.69) is 0 Å². The van der Waals surface area contributed by atoms with Crippen molar-refractivity contribution in [3.8, 4) is 0 Å². The van der Waals surface area contributed by atoms with Gasteiger partial charge in [0.25, 0.3) is 0 Å². The first-order valence-corrected chi connectivity index (χ1v) is 5.93. The van der Waals surface area contributed by atoms with E-state index in [1.165, 1.54) is 11.3 Å². The van der Waals surface area contributed by atoms with Gasteiger partial charge in [0.05, 0.1) is 0 Å². The fraction of sp³-hybridized carbons (Fsp3) is 0.429. The standard InChI is InChI=1S/C7H11NO2S2/c1-3-6-4-5(2)11-7(6)12(8,9)10/h4H,3H2,1-2H3,(H2,8,9,10). The Morgan fingerprint density at radius 2 is 2.17 bits per heavy atom. The molecule has 0 aliphatic heterocycles. The average Bonchev–Trinajstić information content (AvgIpc) is 2.29. The maximum atomic E-state index is 11.0. The smallest absolute Gasteiger partial charge is 0.224 e. The van der Waals surface area contributed by atoms with E-state index in [0.717, 1.165) is 10.4 Å². The first-order chi connectivity index (χ1) is 5.45. The lowest BCUT2D eigenvalue weighted by Crippen LogP contribution is -2.11. The predicted molar refractivity (Wildman–Crippen MR) is 49.8 cm³/mol. The number of aryl methyl sites for hydroxylation is 2. The van der Waals surface area contributed by atoms with E-state index in [9.17, 15) is 8.42 Å². The van der Waals surface area contributed by atoms with Crippen LogP contribution in [0, 0.1) is 6.92 Å². The summed E-state index contributed by atoms with van der Waals surface area (Å²) >= 11 is 1.23. The van der Waals surface area contributed by atoms with E-state index in [-0.39, 0.29) is 0 Å². The second-order valence-electron chi connectivity index (χ2n) is 2.57. The van der Waals surface area contributed by atoms with E-state index in [4.69, 9.17) is 5.14 Å². The molecule has 1 aromatic heterocycles. The number of thiophene rings is 1. The van der Waals surface area contributed by atoms with Crippen molar-refractivity contribution >= 4 is 21.4 Å². The fourth-order valence-electron chi connectivity index (χ4n) is 1.03. The third kappa shape index (κ3) is 1.85. The Hall–Kier alpha value is -0.390. The lowest BCUT2D eigenvalue weighted by atomic mass is 10.2. The number of hydrogen-bond acceptors (Lipinski definition) is 3. The Morgan fingerprint density at radius 3 is 2.50 bits per heavy atom. The van der Waals surface area contributed by atoms with Gasteiger partial charge in [-0.1, -0.05) is 6.92 Å². The largest absolute Gasteiger partial charge is 0.247 e. The lowest BCUT2D eigenvalue weighted by Gasteiger charge is -1.95. The zero-order valence-electron chi connectivity index (χ0n) is 6.99. The van der Waals surface area contributed by atoms with Crippen molar-refractivity contribution < 1.29 is 8.42 Å². The summed E-state index contributed by atoms with van der Waals surface area (Å²) in [4.78, 5) is 0.982. The summed E-state index contributed by atoms with van der Waals surface area (Å²) in [5.41, 5.74) is 0.819. The molecular weight excluding hydrogens is 194 g/mol. The molecule has 0 aromatic carbocycles. The zero-order chi connectivity index (χ0) is 9.35. The summed E-state index contributed by atoms with van der Waals surface area (Å²) in [5, 5.41) is 5.03. The van der Waals surface area contributed by atoms with Gasteiger partial charge < -0.3 is 0 Å². The zero-order valence-corrected chi connectivity index (χ0v) is 8.63. The number of hydrogen-bond donors (Lipinski definition) is 1. The van der Waals surface area contributed by atoms with Crippen molar-refractivity contribution in [3.05, 3.63) is 16.5 Å². The van der Waals surface area contributed by atoms with Gasteiger partial charge >= 0.3 is 0 Å². The van der Waals surface area contributed by atoms with E-state index < -0.39 is 10.0 Å². The molecule has 5 heteroatoms. The summed E-state index contributed by atoms with van der Waals surface area (Å²) in [6.07, 6.45) is 0.704. The van der Waals surface area contributed by atoms with Gasteiger partial charge in [-0.15, -0.1) is 11.3 Å². The van der Waals surface area contributed by atoms with E-state index in [1.807, 2.05) is 19.9 Å². The molecule has 0 atom stereocenters. The van der Waals surface area contributed by atoms with Gasteiger partial charge in [-0.2, -0.15) is 0 Å². The second-order valence-corrected chi connectivity index (χ2v) is 5.58. The molecule has 0 fully saturated rings. The van der Waals surface area contributed by atoms with Crippen LogP contribution in [0.2, 0.25) is 0 Å². The molecule has 12 heavy (non-hydrogen) atoms. The molecule has 1 heterocycles. The van der Waals surface area contributed by atoms with Crippen LogP contribution in [0.3, 0.4) is 0 Å². The maximum absolute atomic E-state index is 11.0. The Bertz CT molecular complexity index is 378. The van der Waals surface area contributed by atoms with Crippen molar-refractivity contribution in [2.24, 2.45) is 5.14 Å². The first kappa shape index (κ1) is 9.70. The molecule has 0 aliphatic carbocycles. The van der Waals surface area contributed by atoms with Gasteiger partial charge in [0.2, 0.25) is 10.0 Å². The second kappa shape index (κ2) is 3.16. The quantitative estimate of drug-likeness (QED) is 0.790. The average molecular weight is 205 g/mol. The van der Waals surface area contributed by atoms with Crippen LogP contribution in [-0.2, 0) is 16.4 Å². The number of nitrogens with two attached hydrogens (primary N) is 1. The Morgan fingerprint density at radius 1 is 1.58 bits per heavy atom. The van der Waals surface area contributed by atoms with Crippen molar-refractivity contribution in [3.63, 3.8) is 0 Å². The van der Waals surface area contributed by atoms with Crippen molar-refractivity contribution in [2.45, 2.75) is 24.5 Å². The van der Waals surface area contributed by atoms with Crippen LogP contribution in [0.1, 0.15) is 17.4 Å². The molecule has 0 saturated carbocycles. The van der Waals surface area contributed by atoms with E-state index in [1.54, 1.807) is 0 Å². The minimum absolute atomic E-state index is 0.308. The van der Waals surface area contributed by atoms with Gasteiger partial charge in [0, 0.05) is 4.88 Å². The van der Waals surface area contributed by atoms with Gasteiger partial charge in [-0.25, -0.2) is 13.6 Å². The number of rotatable bonds is 2.